The molecule has 0 fully saturated rings. The number of rotatable bonds is 1. The number of Topliss-reactive ketones (excluding diaryl/α,β-unsaturated/α-hetero) is 1. The number of carboxylic acid groups (broad SMARTS) is 1. The molecule has 1 aromatic rings. The molecule has 1 aliphatic rings. The first-order valence-electron chi connectivity index (χ1n) is 4.33. The molecule has 72 valence electrons. The van der Waals surface area contributed by atoms with Crippen LogP contribution in [0.4, 0.5) is 5.69 Å². The van der Waals surface area contributed by atoms with Crippen molar-refractivity contribution in [3.05, 3.63) is 29.3 Å². The summed E-state index contributed by atoms with van der Waals surface area (Å²) in [7, 11) is 0. The van der Waals surface area contributed by atoms with Gasteiger partial charge in [-0.25, -0.2) is 4.79 Å². The van der Waals surface area contributed by atoms with Crippen LogP contribution in [0.2, 0.25) is 0 Å². The summed E-state index contributed by atoms with van der Waals surface area (Å²) >= 11 is 0. The van der Waals surface area contributed by atoms with E-state index >= 15 is 0 Å². The van der Waals surface area contributed by atoms with E-state index in [-0.39, 0.29) is 11.3 Å². The topological polar surface area (TPSA) is 66.4 Å². The Hall–Kier alpha value is -1.84. The zero-order valence-corrected chi connectivity index (χ0v) is 7.41. The van der Waals surface area contributed by atoms with Crippen LogP contribution in [-0.4, -0.2) is 23.4 Å². The van der Waals surface area contributed by atoms with E-state index < -0.39 is 5.97 Å². The minimum Gasteiger partial charge on any atom is -0.478 e. The standard InChI is InChI=1S/C10H9NO3/c12-9-3-4-11-8-5-6(10(13)14)1-2-7(8)9/h1-2,5,11H,3-4H2,(H,13,14). The molecule has 2 rings (SSSR count). The Bertz CT molecular complexity index is 412. The number of ketones is 1. The average Bonchev–Trinajstić information content (AvgIpc) is 2.17. The first-order valence-corrected chi connectivity index (χ1v) is 4.33. The molecule has 4 heteroatoms. The molecule has 1 aliphatic heterocycles. The van der Waals surface area contributed by atoms with Crippen molar-refractivity contribution < 1.29 is 14.7 Å². The molecule has 1 heterocycles. The Labute approximate surface area is 80.6 Å². The number of nitrogens with one attached hydrogen (secondary N) is 1. The first kappa shape index (κ1) is 8.74. The third-order valence-electron chi connectivity index (χ3n) is 2.23. The highest BCUT2D eigenvalue weighted by Gasteiger charge is 2.17. The Kier molecular flexibility index (Phi) is 1.96. The normalized spacial score (nSPS) is 14.4. The molecular weight excluding hydrogens is 182 g/mol. The number of aromatic carboxylic acids is 1. The molecule has 0 aliphatic carbocycles. The number of hydrogen-bond acceptors (Lipinski definition) is 3. The van der Waals surface area contributed by atoms with E-state index in [9.17, 15) is 9.59 Å². The molecular formula is C10H9NO3. The molecule has 1 aromatic carbocycles. The predicted octanol–water partition coefficient (Wildman–Crippen LogP) is 1.38. The number of fused-ring (bicyclic) bond motifs is 1. The molecule has 2 N–H and O–H groups in total. The summed E-state index contributed by atoms with van der Waals surface area (Å²) in [5.74, 6) is -0.914. The maximum Gasteiger partial charge on any atom is 0.335 e. The fourth-order valence-corrected chi connectivity index (χ4v) is 1.51. The lowest BCUT2D eigenvalue weighted by Crippen LogP contribution is -2.18. The zero-order chi connectivity index (χ0) is 10.1. The molecule has 14 heavy (non-hydrogen) atoms. The van der Waals surface area contributed by atoms with Gasteiger partial charge in [-0.3, -0.25) is 4.79 Å². The molecule has 0 spiro atoms. The number of carbonyl (C=O) groups is 2. The van der Waals surface area contributed by atoms with E-state index in [0.717, 1.165) is 0 Å². The van der Waals surface area contributed by atoms with Crippen molar-refractivity contribution in [1.29, 1.82) is 0 Å². The SMILES string of the molecule is O=C(O)c1ccc2c(c1)NCCC2=O. The van der Waals surface area contributed by atoms with Crippen LogP contribution in [0.1, 0.15) is 27.1 Å². The van der Waals surface area contributed by atoms with Gasteiger partial charge < -0.3 is 10.4 Å². The second-order valence-corrected chi connectivity index (χ2v) is 3.17. The van der Waals surface area contributed by atoms with E-state index in [4.69, 9.17) is 5.11 Å². The molecule has 0 radical (unpaired) electrons. The van der Waals surface area contributed by atoms with Gasteiger partial charge in [0.1, 0.15) is 0 Å². The quantitative estimate of drug-likeness (QED) is 0.703. The van der Waals surface area contributed by atoms with E-state index in [0.29, 0.717) is 24.2 Å². The van der Waals surface area contributed by atoms with Crippen LogP contribution in [0, 0.1) is 0 Å². The van der Waals surface area contributed by atoms with Crippen molar-refractivity contribution in [3.63, 3.8) is 0 Å². The van der Waals surface area contributed by atoms with Crippen molar-refractivity contribution in [2.24, 2.45) is 0 Å². The molecule has 4 nitrogen and oxygen atoms in total. The van der Waals surface area contributed by atoms with E-state index in [2.05, 4.69) is 5.32 Å². The highest BCUT2D eigenvalue weighted by atomic mass is 16.4. The molecule has 0 aromatic heterocycles. The maximum atomic E-state index is 11.4. The molecule has 0 saturated carbocycles. The summed E-state index contributed by atoms with van der Waals surface area (Å²) in [6, 6.07) is 4.51. The van der Waals surface area contributed by atoms with E-state index in [1.54, 1.807) is 6.07 Å². The Morgan fingerprint density at radius 2 is 2.21 bits per heavy atom. The van der Waals surface area contributed by atoms with E-state index in [1.165, 1.54) is 12.1 Å². The third-order valence-corrected chi connectivity index (χ3v) is 2.23. The van der Waals surface area contributed by atoms with Crippen molar-refractivity contribution >= 4 is 17.4 Å². The largest absolute Gasteiger partial charge is 0.478 e. The fraction of sp³-hybridized carbons (Fsp3) is 0.200. The smallest absolute Gasteiger partial charge is 0.335 e. The van der Waals surface area contributed by atoms with Gasteiger partial charge in [0.05, 0.1) is 5.56 Å². The Balaban J connectivity index is 2.49. The van der Waals surface area contributed by atoms with Crippen molar-refractivity contribution in [2.75, 3.05) is 11.9 Å². The van der Waals surface area contributed by atoms with Crippen molar-refractivity contribution in [2.45, 2.75) is 6.42 Å². The third kappa shape index (κ3) is 1.35. The summed E-state index contributed by atoms with van der Waals surface area (Å²) in [5, 5.41) is 11.7. The van der Waals surface area contributed by atoms with Gasteiger partial charge >= 0.3 is 5.97 Å². The highest BCUT2D eigenvalue weighted by molar-refractivity contribution is 6.04. The summed E-state index contributed by atoms with van der Waals surface area (Å²) in [4.78, 5) is 22.0. The number of hydrogen-bond donors (Lipinski definition) is 2. The molecule has 0 atom stereocenters. The van der Waals surface area contributed by atoms with E-state index in [1.807, 2.05) is 0 Å². The zero-order valence-electron chi connectivity index (χ0n) is 7.41. The lowest BCUT2D eigenvalue weighted by molar-refractivity contribution is 0.0696. The fourth-order valence-electron chi connectivity index (χ4n) is 1.51. The van der Waals surface area contributed by atoms with Crippen LogP contribution in [0.25, 0.3) is 0 Å². The molecule has 0 unspecified atom stereocenters. The van der Waals surface area contributed by atoms with Crippen molar-refractivity contribution in [3.8, 4) is 0 Å². The first-order chi connectivity index (χ1) is 6.68. The lowest BCUT2D eigenvalue weighted by atomic mass is 10.0. The van der Waals surface area contributed by atoms with Crippen LogP contribution >= 0.6 is 0 Å². The van der Waals surface area contributed by atoms with Gasteiger partial charge in [-0.2, -0.15) is 0 Å². The van der Waals surface area contributed by atoms with Gasteiger partial charge in [0, 0.05) is 24.2 Å². The van der Waals surface area contributed by atoms with Gasteiger partial charge in [0.2, 0.25) is 0 Å². The van der Waals surface area contributed by atoms with Crippen LogP contribution in [0.5, 0.6) is 0 Å². The monoisotopic (exact) mass is 191 g/mol. The van der Waals surface area contributed by atoms with Gasteiger partial charge in [-0.05, 0) is 18.2 Å². The lowest BCUT2D eigenvalue weighted by Gasteiger charge is -2.16. The maximum absolute atomic E-state index is 11.4. The second-order valence-electron chi connectivity index (χ2n) is 3.17. The Morgan fingerprint density at radius 1 is 1.43 bits per heavy atom. The predicted molar refractivity (Wildman–Crippen MR) is 50.8 cm³/mol. The van der Waals surface area contributed by atoms with Gasteiger partial charge in [0.25, 0.3) is 0 Å². The number of carbonyl (C=O) groups excluding carboxylic acids is 1. The average molecular weight is 191 g/mol. The summed E-state index contributed by atoms with van der Waals surface area (Å²) in [6.07, 6.45) is 0.472. The number of anilines is 1. The number of carboxylic acids is 1. The highest BCUT2D eigenvalue weighted by Crippen LogP contribution is 2.22. The van der Waals surface area contributed by atoms with Gasteiger partial charge in [0.15, 0.2) is 5.78 Å². The van der Waals surface area contributed by atoms with Crippen LogP contribution in [0.15, 0.2) is 18.2 Å². The summed E-state index contributed by atoms with van der Waals surface area (Å²) < 4.78 is 0. The summed E-state index contributed by atoms with van der Waals surface area (Å²) in [6.45, 7) is 0.578. The van der Waals surface area contributed by atoms with Gasteiger partial charge in [-0.15, -0.1) is 0 Å². The molecule has 0 bridgehead atoms. The minimum absolute atomic E-state index is 0.0655. The second kappa shape index (κ2) is 3.14. The van der Waals surface area contributed by atoms with Crippen molar-refractivity contribution in [1.82, 2.24) is 0 Å². The van der Waals surface area contributed by atoms with Crippen LogP contribution in [0.3, 0.4) is 0 Å². The molecule has 0 saturated heterocycles. The van der Waals surface area contributed by atoms with Crippen LogP contribution in [-0.2, 0) is 0 Å². The van der Waals surface area contributed by atoms with Gasteiger partial charge in [-0.1, -0.05) is 0 Å². The number of benzene rings is 1. The Morgan fingerprint density at radius 3 is 2.93 bits per heavy atom. The summed E-state index contributed by atoms with van der Waals surface area (Å²) in [5.41, 5.74) is 1.41. The molecule has 0 amide bonds. The van der Waals surface area contributed by atoms with Crippen LogP contribution < -0.4 is 5.32 Å². The minimum atomic E-state index is -0.979.